The van der Waals surface area contributed by atoms with Crippen molar-refractivity contribution in [3.05, 3.63) is 24.3 Å². The first-order chi connectivity index (χ1) is 11.9. The molecule has 0 spiro atoms. The van der Waals surface area contributed by atoms with E-state index in [0.717, 1.165) is 24.5 Å². The first kappa shape index (κ1) is 18.2. The predicted octanol–water partition coefficient (Wildman–Crippen LogP) is 0.581. The largest absolute Gasteiger partial charge is 0.378 e. The monoisotopic (exact) mass is 367 g/mol. The topological polar surface area (TPSA) is 79.0 Å². The maximum absolute atomic E-state index is 12.4. The van der Waals surface area contributed by atoms with Gasteiger partial charge in [0.1, 0.15) is 0 Å². The average molecular weight is 367 g/mol. The molecule has 0 aromatic heterocycles. The van der Waals surface area contributed by atoms with Crippen LogP contribution in [0, 0.1) is 0 Å². The van der Waals surface area contributed by atoms with Crippen LogP contribution < -0.4 is 10.2 Å². The Morgan fingerprint density at radius 3 is 2.80 bits per heavy atom. The van der Waals surface area contributed by atoms with Gasteiger partial charge in [-0.15, -0.1) is 0 Å². The highest BCUT2D eigenvalue weighted by Gasteiger charge is 2.30. The Hall–Kier alpha value is -1.64. The van der Waals surface area contributed by atoms with E-state index in [1.165, 1.54) is 0 Å². The van der Waals surface area contributed by atoms with Gasteiger partial charge in [0.05, 0.1) is 24.7 Å². The lowest BCUT2D eigenvalue weighted by Gasteiger charge is -2.31. The molecule has 1 N–H and O–H groups in total. The number of rotatable bonds is 4. The summed E-state index contributed by atoms with van der Waals surface area (Å²) in [5.74, 6) is 0.0570. The third kappa shape index (κ3) is 4.93. The Labute approximate surface area is 148 Å². The van der Waals surface area contributed by atoms with Gasteiger partial charge in [0.25, 0.3) is 0 Å². The van der Waals surface area contributed by atoms with Crippen molar-refractivity contribution in [3.63, 3.8) is 0 Å². The van der Waals surface area contributed by atoms with Gasteiger partial charge in [-0.2, -0.15) is 0 Å². The van der Waals surface area contributed by atoms with Gasteiger partial charge in [0, 0.05) is 43.5 Å². The summed E-state index contributed by atoms with van der Waals surface area (Å²) in [4.78, 5) is 16.5. The molecule has 3 rings (SSSR count). The summed E-state index contributed by atoms with van der Waals surface area (Å²) in [6.45, 7) is 3.56. The molecule has 0 saturated carbocycles. The van der Waals surface area contributed by atoms with Crippen molar-refractivity contribution in [2.45, 2.75) is 12.5 Å². The second-order valence-electron chi connectivity index (χ2n) is 6.65. The van der Waals surface area contributed by atoms with Gasteiger partial charge in [-0.1, -0.05) is 6.07 Å². The van der Waals surface area contributed by atoms with Gasteiger partial charge in [-0.25, -0.2) is 8.42 Å². The van der Waals surface area contributed by atoms with E-state index < -0.39 is 9.84 Å². The van der Waals surface area contributed by atoms with E-state index in [9.17, 15) is 13.2 Å². The van der Waals surface area contributed by atoms with Crippen molar-refractivity contribution >= 4 is 27.1 Å². The highest BCUT2D eigenvalue weighted by Crippen LogP contribution is 2.21. The van der Waals surface area contributed by atoms with Crippen molar-refractivity contribution in [1.29, 1.82) is 0 Å². The molecule has 1 unspecified atom stereocenters. The van der Waals surface area contributed by atoms with E-state index >= 15 is 0 Å². The predicted molar refractivity (Wildman–Crippen MR) is 97.8 cm³/mol. The molecule has 138 valence electrons. The van der Waals surface area contributed by atoms with Gasteiger partial charge >= 0.3 is 0 Å². The van der Waals surface area contributed by atoms with Crippen LogP contribution in [-0.4, -0.2) is 76.7 Å². The number of carbonyl (C=O) groups excluding carboxylic acids is 1. The molecule has 0 aliphatic carbocycles. The molecule has 25 heavy (non-hydrogen) atoms. The minimum atomic E-state index is -3.04. The van der Waals surface area contributed by atoms with Crippen LogP contribution in [0.15, 0.2) is 24.3 Å². The summed E-state index contributed by atoms with van der Waals surface area (Å²) >= 11 is 0. The molecule has 0 bridgehead atoms. The van der Waals surface area contributed by atoms with Crippen molar-refractivity contribution in [2.24, 2.45) is 0 Å². The van der Waals surface area contributed by atoms with E-state index in [0.29, 0.717) is 19.8 Å². The molecule has 8 heteroatoms. The van der Waals surface area contributed by atoms with E-state index in [1.807, 2.05) is 36.2 Å². The van der Waals surface area contributed by atoms with Crippen LogP contribution in [0.4, 0.5) is 11.4 Å². The second-order valence-corrected chi connectivity index (χ2v) is 8.88. The van der Waals surface area contributed by atoms with E-state index in [2.05, 4.69) is 10.2 Å². The zero-order chi connectivity index (χ0) is 17.9. The number of morpholine rings is 1. The summed E-state index contributed by atoms with van der Waals surface area (Å²) in [5, 5.41) is 2.90. The summed E-state index contributed by atoms with van der Waals surface area (Å²) in [5.41, 5.74) is 1.79. The number of sulfone groups is 1. The molecule has 2 fully saturated rings. The SMILES string of the molecule is CN1CCS(=O)(=O)CC1CC(=O)Nc1cccc(N2CCOCC2)c1. The number of hydrogen-bond donors (Lipinski definition) is 1. The standard InChI is InChI=1S/C17H25N3O4S/c1-19-7-10-25(22,23)13-16(19)12-17(21)18-14-3-2-4-15(11-14)20-5-8-24-9-6-20/h2-4,11,16H,5-10,12-13H2,1H3,(H,18,21). The highest BCUT2D eigenvalue weighted by molar-refractivity contribution is 7.91. The van der Waals surface area contributed by atoms with Crippen LogP contribution in [0.2, 0.25) is 0 Å². The van der Waals surface area contributed by atoms with Crippen molar-refractivity contribution in [3.8, 4) is 0 Å². The Balaban J connectivity index is 1.61. The summed E-state index contributed by atoms with van der Waals surface area (Å²) in [7, 11) is -1.18. The smallest absolute Gasteiger partial charge is 0.225 e. The molecule has 1 aromatic rings. The number of nitrogens with zero attached hydrogens (tertiary/aromatic N) is 2. The summed E-state index contributed by atoms with van der Waals surface area (Å²) in [6.07, 6.45) is 0.178. The van der Waals surface area contributed by atoms with Gasteiger partial charge < -0.3 is 19.9 Å². The van der Waals surface area contributed by atoms with Crippen LogP contribution in [0.5, 0.6) is 0 Å². The normalized spacial score (nSPS) is 24.0. The summed E-state index contributed by atoms with van der Waals surface area (Å²) < 4.78 is 28.9. The van der Waals surface area contributed by atoms with Gasteiger partial charge in [0.2, 0.25) is 5.91 Å². The number of carbonyl (C=O) groups is 1. The zero-order valence-electron chi connectivity index (χ0n) is 14.5. The minimum Gasteiger partial charge on any atom is -0.378 e. The summed E-state index contributed by atoms with van der Waals surface area (Å²) in [6, 6.07) is 7.47. The van der Waals surface area contributed by atoms with Crippen LogP contribution in [0.1, 0.15) is 6.42 Å². The van der Waals surface area contributed by atoms with Crippen LogP contribution in [0.25, 0.3) is 0 Å². The van der Waals surface area contributed by atoms with Crippen molar-refractivity contribution in [2.75, 3.05) is 61.6 Å². The number of amides is 1. The molecule has 2 saturated heterocycles. The van der Waals surface area contributed by atoms with Gasteiger partial charge in [-0.3, -0.25) is 4.79 Å². The van der Waals surface area contributed by atoms with Gasteiger partial charge in [-0.05, 0) is 25.2 Å². The number of ether oxygens (including phenoxy) is 1. The number of benzene rings is 1. The van der Waals surface area contributed by atoms with Gasteiger partial charge in [0.15, 0.2) is 9.84 Å². The molecule has 2 aliphatic rings. The van der Waals surface area contributed by atoms with Crippen LogP contribution >= 0.6 is 0 Å². The number of nitrogens with one attached hydrogen (secondary N) is 1. The molecule has 1 amide bonds. The molecule has 7 nitrogen and oxygen atoms in total. The highest BCUT2D eigenvalue weighted by atomic mass is 32.2. The molecular weight excluding hydrogens is 342 g/mol. The van der Waals surface area contributed by atoms with Crippen LogP contribution in [0.3, 0.4) is 0 Å². The zero-order valence-corrected chi connectivity index (χ0v) is 15.3. The third-order valence-corrected chi connectivity index (χ3v) is 6.45. The molecular formula is C17H25N3O4S. The fourth-order valence-corrected chi connectivity index (χ4v) is 4.90. The minimum absolute atomic E-state index is 0.0464. The lowest BCUT2D eigenvalue weighted by Crippen LogP contribution is -2.47. The Morgan fingerprint density at radius 1 is 1.28 bits per heavy atom. The molecule has 2 aliphatic heterocycles. The Morgan fingerprint density at radius 2 is 2.04 bits per heavy atom. The quantitative estimate of drug-likeness (QED) is 0.839. The fourth-order valence-electron chi connectivity index (χ4n) is 3.21. The molecule has 0 radical (unpaired) electrons. The van der Waals surface area contributed by atoms with E-state index in [4.69, 9.17) is 4.74 Å². The Bertz CT molecular complexity index is 716. The van der Waals surface area contributed by atoms with Crippen molar-refractivity contribution < 1.29 is 17.9 Å². The van der Waals surface area contributed by atoms with Crippen molar-refractivity contribution in [1.82, 2.24) is 4.90 Å². The molecule has 1 aromatic carbocycles. The maximum atomic E-state index is 12.4. The average Bonchev–Trinajstić information content (AvgIpc) is 2.59. The number of hydrogen-bond acceptors (Lipinski definition) is 6. The van der Waals surface area contributed by atoms with Crippen LogP contribution in [-0.2, 0) is 19.4 Å². The first-order valence-corrected chi connectivity index (χ1v) is 10.4. The maximum Gasteiger partial charge on any atom is 0.225 e. The van der Waals surface area contributed by atoms with E-state index in [1.54, 1.807) is 0 Å². The second kappa shape index (κ2) is 7.72. The third-order valence-electron chi connectivity index (χ3n) is 4.75. The molecule has 1 atom stereocenters. The molecule has 2 heterocycles. The lowest BCUT2D eigenvalue weighted by atomic mass is 10.2. The first-order valence-electron chi connectivity index (χ1n) is 8.56. The Kier molecular flexibility index (Phi) is 5.61. The fraction of sp³-hybridized carbons (Fsp3) is 0.588. The number of anilines is 2. The lowest BCUT2D eigenvalue weighted by molar-refractivity contribution is -0.117. The van der Waals surface area contributed by atoms with E-state index in [-0.39, 0.29) is 29.9 Å².